The van der Waals surface area contributed by atoms with Crippen LogP contribution in [0.5, 0.6) is 5.75 Å². The van der Waals surface area contributed by atoms with Crippen LogP contribution in [-0.4, -0.2) is 29.9 Å². The van der Waals surface area contributed by atoms with Gasteiger partial charge in [0.15, 0.2) is 0 Å². The molecule has 0 aliphatic rings. The first kappa shape index (κ1) is 17.1. The first-order valence-electron chi connectivity index (χ1n) is 7.27. The van der Waals surface area contributed by atoms with Crippen molar-refractivity contribution in [3.8, 4) is 29.4 Å². The quantitative estimate of drug-likeness (QED) is 0.853. The van der Waals surface area contributed by atoms with Crippen molar-refractivity contribution in [3.05, 3.63) is 64.7 Å². The Hall–Kier alpha value is -3.21. The normalized spacial score (nSPS) is 9.25. The highest BCUT2D eigenvalue weighted by molar-refractivity contribution is 5.91. The summed E-state index contributed by atoms with van der Waals surface area (Å²) >= 11 is 0. The molecule has 0 amide bonds. The molecule has 4 heteroatoms. The predicted octanol–water partition coefficient (Wildman–Crippen LogP) is 2.53. The number of hydrogen-bond donors (Lipinski definition) is 2. The fourth-order valence-corrected chi connectivity index (χ4v) is 1.99. The van der Waals surface area contributed by atoms with Crippen molar-refractivity contribution < 1.29 is 19.7 Å². The Morgan fingerprint density at radius 2 is 1.71 bits per heavy atom. The molecule has 0 aromatic heterocycles. The summed E-state index contributed by atoms with van der Waals surface area (Å²) in [5, 5.41) is 17.8. The maximum absolute atomic E-state index is 11.1. The minimum Gasteiger partial charge on any atom is -0.496 e. The molecule has 0 aliphatic heterocycles. The number of aliphatic hydroxyl groups is 1. The lowest BCUT2D eigenvalue weighted by atomic mass is 10.1. The molecular weight excluding hydrogens is 304 g/mol. The molecule has 2 aromatic rings. The molecule has 0 atom stereocenters. The molecular formula is C20H16O4. The van der Waals surface area contributed by atoms with Crippen molar-refractivity contribution in [2.75, 3.05) is 13.7 Å². The molecule has 0 saturated heterocycles. The molecule has 0 spiro atoms. The Bertz CT molecular complexity index is 860. The second-order valence-electron chi connectivity index (χ2n) is 4.83. The van der Waals surface area contributed by atoms with Crippen molar-refractivity contribution in [2.24, 2.45) is 0 Å². The summed E-state index contributed by atoms with van der Waals surface area (Å²) < 4.78 is 5.09. The third kappa shape index (κ3) is 4.64. The third-order valence-electron chi connectivity index (χ3n) is 3.12. The zero-order valence-corrected chi connectivity index (χ0v) is 13.2. The Morgan fingerprint density at radius 1 is 1.04 bits per heavy atom. The van der Waals surface area contributed by atoms with E-state index in [-0.39, 0.29) is 17.9 Å². The van der Waals surface area contributed by atoms with E-state index >= 15 is 0 Å². The fourth-order valence-electron chi connectivity index (χ4n) is 1.99. The Labute approximate surface area is 140 Å². The minimum absolute atomic E-state index is 0.0423. The average molecular weight is 320 g/mol. The lowest BCUT2D eigenvalue weighted by molar-refractivity contribution is 0.0693. The summed E-state index contributed by atoms with van der Waals surface area (Å²) in [4.78, 5) is 11.1. The zero-order valence-electron chi connectivity index (χ0n) is 13.2. The van der Waals surface area contributed by atoms with Gasteiger partial charge in [0.1, 0.15) is 11.3 Å². The van der Waals surface area contributed by atoms with Crippen LogP contribution in [0.25, 0.3) is 0 Å². The molecule has 2 N–H and O–H groups in total. The number of ether oxygens (including phenoxy) is 1. The number of hydrogen-bond acceptors (Lipinski definition) is 3. The molecule has 2 rings (SSSR count). The highest BCUT2D eigenvalue weighted by atomic mass is 16.5. The Balaban J connectivity index is 2.26. The summed E-state index contributed by atoms with van der Waals surface area (Å²) in [5.74, 6) is 11.1. The number of carboxylic acids is 1. The van der Waals surface area contributed by atoms with Crippen LogP contribution < -0.4 is 4.74 Å². The van der Waals surface area contributed by atoms with Gasteiger partial charge in [-0.3, -0.25) is 0 Å². The van der Waals surface area contributed by atoms with Gasteiger partial charge in [-0.05, 0) is 36.4 Å². The number of aromatic carboxylic acids is 1. The van der Waals surface area contributed by atoms with E-state index in [4.69, 9.17) is 14.9 Å². The molecule has 0 bridgehead atoms. The van der Waals surface area contributed by atoms with Gasteiger partial charge >= 0.3 is 5.97 Å². The van der Waals surface area contributed by atoms with Crippen molar-refractivity contribution in [3.63, 3.8) is 0 Å². The fraction of sp³-hybridized carbons (Fsp3) is 0.150. The van der Waals surface area contributed by atoms with Gasteiger partial charge in [-0.1, -0.05) is 29.7 Å². The first-order chi connectivity index (χ1) is 11.6. The second kappa shape index (κ2) is 8.43. The maximum atomic E-state index is 11.1. The van der Waals surface area contributed by atoms with E-state index in [1.54, 1.807) is 12.1 Å². The summed E-state index contributed by atoms with van der Waals surface area (Å²) in [6.07, 6.45) is 0.436. The van der Waals surface area contributed by atoms with Crippen LogP contribution in [0, 0.1) is 23.7 Å². The minimum atomic E-state index is -1.04. The Kier molecular flexibility index (Phi) is 6.02. The van der Waals surface area contributed by atoms with E-state index in [1.165, 1.54) is 13.2 Å². The van der Waals surface area contributed by atoms with Gasteiger partial charge in [0.25, 0.3) is 0 Å². The molecule has 4 nitrogen and oxygen atoms in total. The highest BCUT2D eigenvalue weighted by Gasteiger charge is 2.10. The summed E-state index contributed by atoms with van der Waals surface area (Å²) in [7, 11) is 1.42. The molecule has 0 fully saturated rings. The number of methoxy groups -OCH3 is 1. The number of aliphatic hydroxyl groups excluding tert-OH is 1. The molecule has 0 saturated carbocycles. The van der Waals surface area contributed by atoms with E-state index in [2.05, 4.69) is 23.7 Å². The number of benzene rings is 2. The van der Waals surface area contributed by atoms with E-state index in [9.17, 15) is 4.79 Å². The highest BCUT2D eigenvalue weighted by Crippen LogP contribution is 2.19. The van der Waals surface area contributed by atoms with Gasteiger partial charge in [0, 0.05) is 23.1 Å². The lowest BCUT2D eigenvalue weighted by Gasteiger charge is -2.04. The SMILES string of the molecule is COc1cc(C#Cc2cccc(C#CCCO)c2)ccc1C(=O)O. The van der Waals surface area contributed by atoms with Gasteiger partial charge in [-0.15, -0.1) is 0 Å². The van der Waals surface area contributed by atoms with E-state index in [0.29, 0.717) is 12.0 Å². The summed E-state index contributed by atoms with van der Waals surface area (Å²) in [6.45, 7) is 0.0423. The molecule has 120 valence electrons. The average Bonchev–Trinajstić information content (AvgIpc) is 2.60. The van der Waals surface area contributed by atoms with E-state index in [0.717, 1.165) is 11.1 Å². The third-order valence-corrected chi connectivity index (χ3v) is 3.12. The maximum Gasteiger partial charge on any atom is 0.339 e. The van der Waals surface area contributed by atoms with Crippen LogP contribution in [0.1, 0.15) is 33.5 Å². The van der Waals surface area contributed by atoms with Crippen molar-refractivity contribution >= 4 is 5.97 Å². The van der Waals surface area contributed by atoms with Gasteiger partial charge in [-0.2, -0.15) is 0 Å². The van der Waals surface area contributed by atoms with Crippen LogP contribution >= 0.6 is 0 Å². The predicted molar refractivity (Wildman–Crippen MR) is 91.0 cm³/mol. The zero-order chi connectivity index (χ0) is 17.4. The molecule has 2 aromatic carbocycles. The topological polar surface area (TPSA) is 66.8 Å². The van der Waals surface area contributed by atoms with E-state index < -0.39 is 5.97 Å². The number of rotatable bonds is 3. The van der Waals surface area contributed by atoms with Crippen LogP contribution in [0.15, 0.2) is 42.5 Å². The van der Waals surface area contributed by atoms with Gasteiger partial charge < -0.3 is 14.9 Å². The van der Waals surface area contributed by atoms with Crippen molar-refractivity contribution in [1.82, 2.24) is 0 Å². The lowest BCUT2D eigenvalue weighted by Crippen LogP contribution is -2.00. The van der Waals surface area contributed by atoms with Crippen LogP contribution in [0.4, 0.5) is 0 Å². The van der Waals surface area contributed by atoms with Crippen LogP contribution in [0.2, 0.25) is 0 Å². The molecule has 0 unspecified atom stereocenters. The molecule has 0 heterocycles. The number of carboxylic acid groups (broad SMARTS) is 1. The standard InChI is InChI=1S/C20H16O4/c1-24-19-14-17(10-11-18(19)20(22)23)9-8-16-7-4-6-15(13-16)5-2-3-12-21/h4,6-7,10-11,13-14,21H,3,12H2,1H3,(H,22,23). The summed E-state index contributed by atoms with van der Waals surface area (Å²) in [6, 6.07) is 12.2. The largest absolute Gasteiger partial charge is 0.496 e. The summed E-state index contributed by atoms with van der Waals surface area (Å²) in [5.41, 5.74) is 2.39. The van der Waals surface area contributed by atoms with Gasteiger partial charge in [0.2, 0.25) is 0 Å². The molecule has 24 heavy (non-hydrogen) atoms. The second-order valence-corrected chi connectivity index (χ2v) is 4.83. The smallest absolute Gasteiger partial charge is 0.339 e. The van der Waals surface area contributed by atoms with Gasteiger partial charge in [0.05, 0.1) is 13.7 Å². The monoisotopic (exact) mass is 320 g/mol. The van der Waals surface area contributed by atoms with Gasteiger partial charge in [-0.25, -0.2) is 4.79 Å². The Morgan fingerprint density at radius 3 is 2.33 bits per heavy atom. The first-order valence-corrected chi connectivity index (χ1v) is 7.27. The number of carbonyl (C=O) groups is 1. The van der Waals surface area contributed by atoms with Crippen LogP contribution in [0.3, 0.4) is 0 Å². The molecule has 0 radical (unpaired) electrons. The molecule has 0 aliphatic carbocycles. The van der Waals surface area contributed by atoms with E-state index in [1.807, 2.05) is 24.3 Å². The van der Waals surface area contributed by atoms with Crippen molar-refractivity contribution in [2.45, 2.75) is 6.42 Å². The van der Waals surface area contributed by atoms with Crippen molar-refractivity contribution in [1.29, 1.82) is 0 Å². The van der Waals surface area contributed by atoms with Crippen LogP contribution in [-0.2, 0) is 0 Å².